The molecule has 0 unspecified atom stereocenters. The van der Waals surface area contributed by atoms with Gasteiger partial charge in [-0.2, -0.15) is 5.10 Å². The number of benzene rings is 1. The average Bonchev–Trinajstić information content (AvgIpc) is 3.04. The van der Waals surface area contributed by atoms with Crippen molar-refractivity contribution in [1.29, 1.82) is 0 Å². The second-order valence-electron chi connectivity index (χ2n) is 5.74. The monoisotopic (exact) mass is 375 g/mol. The molecule has 1 N–H and O–H groups in total. The number of aromatic nitrogens is 2. The van der Waals surface area contributed by atoms with Gasteiger partial charge in [-0.1, -0.05) is 6.07 Å². The molecule has 0 spiro atoms. The number of hydrogen-bond acceptors (Lipinski definition) is 5. The smallest absolute Gasteiger partial charge is 0.271 e. The quantitative estimate of drug-likeness (QED) is 0.760. The molecule has 6 nitrogen and oxygen atoms in total. The van der Waals surface area contributed by atoms with E-state index in [-0.39, 0.29) is 9.77 Å². The minimum Gasteiger partial charge on any atom is -0.279 e. The van der Waals surface area contributed by atoms with Crippen molar-refractivity contribution in [3.05, 3.63) is 63.3 Å². The predicted molar refractivity (Wildman–Crippen MR) is 99.5 cm³/mol. The van der Waals surface area contributed by atoms with Gasteiger partial charge in [-0.25, -0.2) is 13.1 Å². The van der Waals surface area contributed by atoms with Gasteiger partial charge in [0.1, 0.15) is 4.21 Å². The van der Waals surface area contributed by atoms with Gasteiger partial charge in [0, 0.05) is 29.7 Å². The highest BCUT2D eigenvalue weighted by Gasteiger charge is 2.18. The standard InChI is InChI=1S/C17H17N3O3S2/c1-11-4-5-14(8-12(11)2)19-25(22,23)17-9-13(10-24-17)15-6-7-16(21)20(3)18-15/h4-10,19H,1-3H3. The summed E-state index contributed by atoms with van der Waals surface area (Å²) >= 11 is 1.11. The molecule has 2 heterocycles. The number of nitrogens with one attached hydrogen (secondary N) is 1. The van der Waals surface area contributed by atoms with E-state index in [2.05, 4.69) is 9.82 Å². The summed E-state index contributed by atoms with van der Waals surface area (Å²) in [6.45, 7) is 3.90. The number of rotatable bonds is 4. The van der Waals surface area contributed by atoms with Gasteiger partial charge in [-0.05, 0) is 49.2 Å². The van der Waals surface area contributed by atoms with Crippen LogP contribution in [0, 0.1) is 13.8 Å². The minimum absolute atomic E-state index is 0.191. The van der Waals surface area contributed by atoms with Crippen LogP contribution in [-0.2, 0) is 17.1 Å². The zero-order valence-corrected chi connectivity index (χ0v) is 15.6. The Morgan fingerprint density at radius 1 is 1.08 bits per heavy atom. The number of aryl methyl sites for hydroxylation is 3. The van der Waals surface area contributed by atoms with Gasteiger partial charge in [0.05, 0.1) is 5.69 Å². The molecular weight excluding hydrogens is 358 g/mol. The Morgan fingerprint density at radius 3 is 2.52 bits per heavy atom. The zero-order valence-electron chi connectivity index (χ0n) is 14.0. The maximum absolute atomic E-state index is 12.6. The van der Waals surface area contributed by atoms with Crippen molar-refractivity contribution in [1.82, 2.24) is 9.78 Å². The van der Waals surface area contributed by atoms with E-state index in [1.54, 1.807) is 36.7 Å². The minimum atomic E-state index is -3.68. The van der Waals surface area contributed by atoms with Crippen molar-refractivity contribution in [2.75, 3.05) is 4.72 Å². The van der Waals surface area contributed by atoms with Crippen LogP contribution in [0.5, 0.6) is 0 Å². The Hall–Kier alpha value is -2.45. The van der Waals surface area contributed by atoms with E-state index in [0.29, 0.717) is 16.9 Å². The van der Waals surface area contributed by atoms with Crippen LogP contribution >= 0.6 is 11.3 Å². The topological polar surface area (TPSA) is 81.1 Å². The third-order valence-electron chi connectivity index (χ3n) is 3.86. The second-order valence-corrected chi connectivity index (χ2v) is 8.56. The number of sulfonamides is 1. The summed E-state index contributed by atoms with van der Waals surface area (Å²) in [6.07, 6.45) is 0. The highest BCUT2D eigenvalue weighted by atomic mass is 32.2. The zero-order chi connectivity index (χ0) is 18.2. The second kappa shape index (κ2) is 6.45. The van der Waals surface area contributed by atoms with Crippen LogP contribution in [0.1, 0.15) is 11.1 Å². The summed E-state index contributed by atoms with van der Waals surface area (Å²) in [5.41, 5.74) is 3.62. The Balaban J connectivity index is 1.90. The molecular formula is C17H17N3O3S2. The van der Waals surface area contributed by atoms with Crippen molar-refractivity contribution in [3.8, 4) is 11.3 Å². The average molecular weight is 375 g/mol. The van der Waals surface area contributed by atoms with Gasteiger partial charge in [0.2, 0.25) is 0 Å². The lowest BCUT2D eigenvalue weighted by molar-refractivity contribution is 0.603. The lowest BCUT2D eigenvalue weighted by Crippen LogP contribution is -2.18. The van der Waals surface area contributed by atoms with Gasteiger partial charge >= 0.3 is 0 Å². The van der Waals surface area contributed by atoms with Crippen LogP contribution in [0.3, 0.4) is 0 Å². The fraction of sp³-hybridized carbons (Fsp3) is 0.176. The van der Waals surface area contributed by atoms with E-state index < -0.39 is 10.0 Å². The molecule has 0 aliphatic heterocycles. The Bertz CT molecular complexity index is 1100. The SMILES string of the molecule is Cc1ccc(NS(=O)(=O)c2cc(-c3ccc(=O)n(C)n3)cs2)cc1C. The van der Waals surface area contributed by atoms with E-state index in [0.717, 1.165) is 22.5 Å². The highest BCUT2D eigenvalue weighted by molar-refractivity contribution is 7.94. The van der Waals surface area contributed by atoms with E-state index in [4.69, 9.17) is 0 Å². The highest BCUT2D eigenvalue weighted by Crippen LogP contribution is 2.28. The Kier molecular flexibility index (Phi) is 4.49. The summed E-state index contributed by atoms with van der Waals surface area (Å²) < 4.78 is 29.2. The van der Waals surface area contributed by atoms with Crippen LogP contribution in [0.2, 0.25) is 0 Å². The summed E-state index contributed by atoms with van der Waals surface area (Å²) in [4.78, 5) is 11.4. The lowest BCUT2D eigenvalue weighted by atomic mass is 10.1. The molecule has 1 aromatic carbocycles. The molecule has 0 saturated heterocycles. The summed E-state index contributed by atoms with van der Waals surface area (Å²) in [6, 6.07) is 9.96. The largest absolute Gasteiger partial charge is 0.279 e. The molecule has 0 fully saturated rings. The van der Waals surface area contributed by atoms with Crippen molar-refractivity contribution in [2.45, 2.75) is 18.1 Å². The maximum atomic E-state index is 12.6. The molecule has 0 saturated carbocycles. The number of thiophene rings is 1. The third-order valence-corrected chi connectivity index (χ3v) is 6.68. The van der Waals surface area contributed by atoms with Gasteiger partial charge in [-0.3, -0.25) is 9.52 Å². The Morgan fingerprint density at radius 2 is 1.84 bits per heavy atom. The molecule has 3 rings (SSSR count). The molecule has 0 bridgehead atoms. The first-order chi connectivity index (χ1) is 11.8. The predicted octanol–water partition coefficient (Wildman–Crippen LogP) is 2.93. The van der Waals surface area contributed by atoms with Crippen LogP contribution in [0.15, 0.2) is 50.8 Å². The van der Waals surface area contributed by atoms with Crippen molar-refractivity contribution < 1.29 is 8.42 Å². The van der Waals surface area contributed by atoms with Gasteiger partial charge in [0.25, 0.3) is 15.6 Å². The molecule has 0 atom stereocenters. The number of anilines is 1. The first-order valence-electron chi connectivity index (χ1n) is 7.49. The van der Waals surface area contributed by atoms with E-state index in [9.17, 15) is 13.2 Å². The van der Waals surface area contributed by atoms with Crippen molar-refractivity contribution in [3.63, 3.8) is 0 Å². The normalized spacial score (nSPS) is 11.5. The van der Waals surface area contributed by atoms with Crippen LogP contribution in [0.4, 0.5) is 5.69 Å². The van der Waals surface area contributed by atoms with E-state index in [1.165, 1.54) is 10.7 Å². The van der Waals surface area contributed by atoms with Gasteiger partial charge in [-0.15, -0.1) is 11.3 Å². The first-order valence-corrected chi connectivity index (χ1v) is 9.86. The fourth-order valence-corrected chi connectivity index (χ4v) is 4.48. The molecule has 130 valence electrons. The molecule has 0 amide bonds. The molecule has 8 heteroatoms. The van der Waals surface area contributed by atoms with Crippen molar-refractivity contribution in [2.24, 2.45) is 7.05 Å². The molecule has 25 heavy (non-hydrogen) atoms. The molecule has 2 aromatic heterocycles. The summed E-state index contributed by atoms with van der Waals surface area (Å²) in [5.74, 6) is 0. The molecule has 3 aromatic rings. The maximum Gasteiger partial charge on any atom is 0.271 e. The van der Waals surface area contributed by atoms with E-state index in [1.807, 2.05) is 19.9 Å². The molecule has 0 aliphatic carbocycles. The van der Waals surface area contributed by atoms with Gasteiger partial charge < -0.3 is 0 Å². The van der Waals surface area contributed by atoms with Gasteiger partial charge in [0.15, 0.2) is 0 Å². The Labute approximate surface area is 149 Å². The van der Waals surface area contributed by atoms with E-state index >= 15 is 0 Å². The number of hydrogen-bond donors (Lipinski definition) is 1. The molecule has 0 radical (unpaired) electrons. The third kappa shape index (κ3) is 3.64. The lowest BCUT2D eigenvalue weighted by Gasteiger charge is -2.08. The van der Waals surface area contributed by atoms with Crippen molar-refractivity contribution >= 4 is 27.0 Å². The van der Waals surface area contributed by atoms with Crippen LogP contribution < -0.4 is 10.3 Å². The molecule has 0 aliphatic rings. The summed E-state index contributed by atoms with van der Waals surface area (Å²) in [5, 5.41) is 5.85. The van der Waals surface area contributed by atoms with Crippen LogP contribution in [-0.4, -0.2) is 18.2 Å². The number of nitrogens with zero attached hydrogens (tertiary/aromatic N) is 2. The summed E-state index contributed by atoms with van der Waals surface area (Å²) in [7, 11) is -2.12. The first kappa shape index (κ1) is 17.4. The fourth-order valence-electron chi connectivity index (χ4n) is 2.26. The van der Waals surface area contributed by atoms with Crippen LogP contribution in [0.25, 0.3) is 11.3 Å².